The molecule has 106 valence electrons. The predicted octanol–water partition coefficient (Wildman–Crippen LogP) is 3.32. The first kappa shape index (κ1) is 14.9. The van der Waals surface area contributed by atoms with Crippen LogP contribution in [0.1, 0.15) is 25.1 Å². The minimum absolute atomic E-state index is 0.356. The molecule has 0 atom stereocenters. The Hall–Kier alpha value is -1.51. The average Bonchev–Trinajstić information content (AvgIpc) is 2.70. The number of benzene rings is 1. The van der Waals surface area contributed by atoms with Crippen molar-refractivity contribution in [1.29, 1.82) is 5.26 Å². The average molecular weight is 336 g/mol. The molecule has 0 spiro atoms. The largest absolute Gasteiger partial charge is 0.496 e. The van der Waals surface area contributed by atoms with E-state index in [0.717, 1.165) is 26.7 Å². The molecule has 4 nitrogen and oxygen atoms in total. The number of nitriles is 1. The van der Waals surface area contributed by atoms with Crippen molar-refractivity contribution in [2.45, 2.75) is 26.4 Å². The first-order valence-corrected chi connectivity index (χ1v) is 7.27. The summed E-state index contributed by atoms with van der Waals surface area (Å²) in [4.78, 5) is 0. The zero-order valence-corrected chi connectivity index (χ0v) is 13.7. The Balaban J connectivity index is 2.76. The van der Waals surface area contributed by atoms with E-state index >= 15 is 0 Å². The highest BCUT2D eigenvalue weighted by atomic mass is 79.9. The summed E-state index contributed by atoms with van der Waals surface area (Å²) in [5.74, 6) is 0.792. The fourth-order valence-electron chi connectivity index (χ4n) is 2.39. The van der Waals surface area contributed by atoms with Crippen LogP contribution in [0, 0.1) is 11.3 Å². The molecule has 2 rings (SSSR count). The summed E-state index contributed by atoms with van der Waals surface area (Å²) in [7, 11) is 3.56. The van der Waals surface area contributed by atoms with Crippen LogP contribution in [0.2, 0.25) is 0 Å². The van der Waals surface area contributed by atoms with Crippen molar-refractivity contribution in [3.05, 3.63) is 27.9 Å². The zero-order valence-electron chi connectivity index (χ0n) is 12.1. The third-order valence-corrected chi connectivity index (χ3v) is 4.00. The fraction of sp³-hybridized carbons (Fsp3) is 0.400. The number of nitrogens with zero attached hydrogens (tertiary/aromatic N) is 2. The molecule has 2 aromatic rings. The lowest BCUT2D eigenvalue weighted by molar-refractivity contribution is 0.419. The van der Waals surface area contributed by atoms with E-state index in [-0.39, 0.29) is 0 Å². The van der Waals surface area contributed by atoms with Crippen molar-refractivity contribution in [3.8, 4) is 11.8 Å². The van der Waals surface area contributed by atoms with Gasteiger partial charge in [-0.15, -0.1) is 0 Å². The van der Waals surface area contributed by atoms with Crippen LogP contribution in [0.5, 0.6) is 5.75 Å². The molecular formula is C15H18BrN3O. The first-order valence-electron chi connectivity index (χ1n) is 6.48. The molecule has 0 radical (unpaired) electrons. The van der Waals surface area contributed by atoms with Crippen molar-refractivity contribution < 1.29 is 4.74 Å². The quantitative estimate of drug-likeness (QED) is 0.932. The minimum atomic E-state index is 0.356. The highest BCUT2D eigenvalue weighted by Crippen LogP contribution is 2.37. The van der Waals surface area contributed by atoms with Crippen LogP contribution in [0.3, 0.4) is 0 Å². The molecule has 0 bridgehead atoms. The highest BCUT2D eigenvalue weighted by molar-refractivity contribution is 9.10. The van der Waals surface area contributed by atoms with Crippen LogP contribution in [0.4, 0.5) is 0 Å². The highest BCUT2D eigenvalue weighted by Gasteiger charge is 2.20. The summed E-state index contributed by atoms with van der Waals surface area (Å²) in [5, 5.41) is 13.8. The second kappa shape index (κ2) is 5.86. The van der Waals surface area contributed by atoms with Crippen LogP contribution in [-0.2, 0) is 13.6 Å². The van der Waals surface area contributed by atoms with E-state index in [9.17, 15) is 5.26 Å². The van der Waals surface area contributed by atoms with Gasteiger partial charge in [-0.25, -0.2) is 0 Å². The molecule has 0 fully saturated rings. The molecule has 1 aromatic carbocycles. The summed E-state index contributed by atoms with van der Waals surface area (Å²) in [6.07, 6.45) is 0. The number of nitrogens with one attached hydrogen (secondary N) is 1. The molecular weight excluding hydrogens is 318 g/mol. The fourth-order valence-corrected chi connectivity index (χ4v) is 2.99. The number of fused-ring (bicyclic) bond motifs is 1. The van der Waals surface area contributed by atoms with E-state index in [1.807, 2.05) is 23.7 Å². The first-order chi connectivity index (χ1) is 9.51. The van der Waals surface area contributed by atoms with Crippen molar-refractivity contribution in [2.24, 2.45) is 7.05 Å². The summed E-state index contributed by atoms with van der Waals surface area (Å²) < 4.78 is 8.35. The van der Waals surface area contributed by atoms with Gasteiger partial charge in [0.2, 0.25) is 0 Å². The lowest BCUT2D eigenvalue weighted by Gasteiger charge is -2.09. The standard InChI is InChI=1S/C15H18BrN3O/c1-9(2)18-8-10-12(7-17)19(3)15-11(16)5-6-13(20-4)14(10)15/h5-6,9,18H,8H2,1-4H3. The SMILES string of the molecule is COc1ccc(Br)c2c1c(CNC(C)C)c(C#N)n2C. The monoisotopic (exact) mass is 335 g/mol. The maximum Gasteiger partial charge on any atom is 0.128 e. The van der Waals surface area contributed by atoms with E-state index < -0.39 is 0 Å². The van der Waals surface area contributed by atoms with Crippen LogP contribution in [-0.4, -0.2) is 17.7 Å². The van der Waals surface area contributed by atoms with Crippen molar-refractivity contribution in [2.75, 3.05) is 7.11 Å². The van der Waals surface area contributed by atoms with Crippen molar-refractivity contribution >= 4 is 26.8 Å². The predicted molar refractivity (Wildman–Crippen MR) is 83.9 cm³/mol. The number of ether oxygens (including phenoxy) is 1. The maximum absolute atomic E-state index is 9.47. The van der Waals surface area contributed by atoms with Gasteiger partial charge in [-0.1, -0.05) is 13.8 Å². The number of aryl methyl sites for hydroxylation is 1. The molecule has 0 aliphatic rings. The van der Waals surface area contributed by atoms with Gasteiger partial charge in [0.15, 0.2) is 0 Å². The third-order valence-electron chi connectivity index (χ3n) is 3.36. The normalized spacial score (nSPS) is 11.1. The second-order valence-corrected chi connectivity index (χ2v) is 5.86. The molecule has 0 unspecified atom stereocenters. The number of hydrogen-bond acceptors (Lipinski definition) is 3. The zero-order chi connectivity index (χ0) is 14.9. The molecule has 5 heteroatoms. The van der Waals surface area contributed by atoms with E-state index in [2.05, 4.69) is 41.2 Å². The number of hydrogen-bond donors (Lipinski definition) is 1. The van der Waals surface area contributed by atoms with E-state index in [0.29, 0.717) is 18.3 Å². The Morgan fingerprint density at radius 3 is 2.70 bits per heavy atom. The smallest absolute Gasteiger partial charge is 0.128 e. The molecule has 20 heavy (non-hydrogen) atoms. The molecule has 0 saturated carbocycles. The van der Waals surface area contributed by atoms with Gasteiger partial charge in [0.1, 0.15) is 17.5 Å². The molecule has 0 saturated heterocycles. The molecule has 1 heterocycles. The van der Waals surface area contributed by atoms with Crippen molar-refractivity contribution in [3.63, 3.8) is 0 Å². The number of rotatable bonds is 4. The van der Waals surface area contributed by atoms with Gasteiger partial charge in [0.25, 0.3) is 0 Å². The molecule has 1 aromatic heterocycles. The van der Waals surface area contributed by atoms with Gasteiger partial charge in [-0.2, -0.15) is 5.26 Å². The van der Waals surface area contributed by atoms with E-state index in [4.69, 9.17) is 4.74 Å². The van der Waals surface area contributed by atoms with Gasteiger partial charge >= 0.3 is 0 Å². The Morgan fingerprint density at radius 1 is 1.45 bits per heavy atom. The van der Waals surface area contributed by atoms with Crippen LogP contribution in [0.25, 0.3) is 10.9 Å². The Kier molecular flexibility index (Phi) is 4.36. The summed E-state index contributed by atoms with van der Waals surface area (Å²) in [6.45, 7) is 4.82. The number of halogens is 1. The van der Waals surface area contributed by atoms with Gasteiger partial charge in [0, 0.05) is 35.1 Å². The van der Waals surface area contributed by atoms with E-state index in [1.165, 1.54) is 0 Å². The van der Waals surface area contributed by atoms with Gasteiger partial charge in [-0.05, 0) is 28.1 Å². The van der Waals surface area contributed by atoms with Gasteiger partial charge in [0.05, 0.1) is 12.6 Å². The Morgan fingerprint density at radius 2 is 2.15 bits per heavy atom. The summed E-state index contributed by atoms with van der Waals surface area (Å²) in [5.41, 5.74) is 2.64. The molecule has 0 aliphatic carbocycles. The topological polar surface area (TPSA) is 50.0 Å². The lowest BCUT2D eigenvalue weighted by atomic mass is 10.1. The van der Waals surface area contributed by atoms with Crippen LogP contribution < -0.4 is 10.1 Å². The van der Waals surface area contributed by atoms with Gasteiger partial charge in [-0.3, -0.25) is 0 Å². The Bertz CT molecular complexity index is 683. The van der Waals surface area contributed by atoms with Crippen molar-refractivity contribution in [1.82, 2.24) is 9.88 Å². The third kappa shape index (κ3) is 2.41. The Labute approximate surface area is 127 Å². The van der Waals surface area contributed by atoms with Crippen LogP contribution in [0.15, 0.2) is 16.6 Å². The molecule has 0 amide bonds. The minimum Gasteiger partial charge on any atom is -0.496 e. The summed E-state index contributed by atoms with van der Waals surface area (Å²) >= 11 is 3.56. The molecule has 0 aliphatic heterocycles. The number of methoxy groups -OCH3 is 1. The summed E-state index contributed by atoms with van der Waals surface area (Å²) in [6, 6.07) is 6.53. The lowest BCUT2D eigenvalue weighted by Crippen LogP contribution is -2.22. The van der Waals surface area contributed by atoms with Crippen LogP contribution >= 0.6 is 15.9 Å². The van der Waals surface area contributed by atoms with Gasteiger partial charge < -0.3 is 14.6 Å². The maximum atomic E-state index is 9.47. The van der Waals surface area contributed by atoms with E-state index in [1.54, 1.807) is 7.11 Å². The number of aromatic nitrogens is 1. The molecule has 1 N–H and O–H groups in total. The second-order valence-electron chi connectivity index (χ2n) is 5.01.